The van der Waals surface area contributed by atoms with Gasteiger partial charge in [0, 0.05) is 23.9 Å². The number of nitrogens with one attached hydrogen (secondary N) is 1. The fourth-order valence-corrected chi connectivity index (χ4v) is 1.84. The molecule has 0 heterocycles. The Morgan fingerprint density at radius 3 is 2.67 bits per heavy atom. The third kappa shape index (κ3) is 4.62. The van der Waals surface area contributed by atoms with E-state index in [4.69, 9.17) is 4.74 Å². The van der Waals surface area contributed by atoms with Gasteiger partial charge in [-0.2, -0.15) is 0 Å². The van der Waals surface area contributed by atoms with Gasteiger partial charge >= 0.3 is 0 Å². The molecule has 0 saturated carbocycles. The topological polar surface area (TPSA) is 55.4 Å². The number of hydrogen-bond donors (Lipinski definition) is 1. The minimum Gasteiger partial charge on any atom is -0.492 e. The van der Waals surface area contributed by atoms with Gasteiger partial charge < -0.3 is 10.1 Å². The van der Waals surface area contributed by atoms with E-state index in [0.717, 1.165) is 11.8 Å². The second-order valence-electron chi connectivity index (χ2n) is 4.17. The van der Waals surface area contributed by atoms with Gasteiger partial charge in [-0.15, -0.1) is 0 Å². The average molecular weight is 275 g/mol. The van der Waals surface area contributed by atoms with Gasteiger partial charge in [0.2, 0.25) is 0 Å². The number of benzene rings is 1. The molecule has 0 aliphatic heterocycles. The molecule has 0 aromatic heterocycles. The van der Waals surface area contributed by atoms with E-state index in [1.807, 2.05) is 6.92 Å². The lowest BCUT2D eigenvalue weighted by Crippen LogP contribution is -2.16. The third-order valence-corrected chi connectivity index (χ3v) is 3.50. The standard InChI is InChI=1S/C12H18FNO3S/c1-9(14-2)11-5-4-10(13)8-12(11)17-6-7-18(3,15)16/h4-5,8-9,14H,6-7H2,1-3H3. The molecule has 0 aliphatic rings. The van der Waals surface area contributed by atoms with Crippen molar-refractivity contribution in [3.63, 3.8) is 0 Å². The minimum atomic E-state index is -3.08. The minimum absolute atomic E-state index is 0.00108. The zero-order valence-electron chi connectivity index (χ0n) is 10.7. The number of halogens is 1. The molecule has 0 bridgehead atoms. The first kappa shape index (κ1) is 14.9. The van der Waals surface area contributed by atoms with Gasteiger partial charge in [-0.3, -0.25) is 0 Å². The maximum absolute atomic E-state index is 13.2. The van der Waals surface area contributed by atoms with Gasteiger partial charge in [-0.1, -0.05) is 6.07 Å². The number of hydrogen-bond acceptors (Lipinski definition) is 4. The van der Waals surface area contributed by atoms with Crippen LogP contribution >= 0.6 is 0 Å². The highest BCUT2D eigenvalue weighted by Gasteiger charge is 2.12. The van der Waals surface area contributed by atoms with E-state index in [9.17, 15) is 12.8 Å². The molecule has 0 spiro atoms. The van der Waals surface area contributed by atoms with Crippen LogP contribution in [0.15, 0.2) is 18.2 Å². The van der Waals surface area contributed by atoms with Gasteiger partial charge in [-0.05, 0) is 20.0 Å². The van der Waals surface area contributed by atoms with Crippen LogP contribution in [-0.4, -0.2) is 34.1 Å². The molecule has 1 aromatic rings. The summed E-state index contributed by atoms with van der Waals surface area (Å²) < 4.78 is 40.5. The van der Waals surface area contributed by atoms with Crippen molar-refractivity contribution >= 4 is 9.84 Å². The molecule has 0 aliphatic carbocycles. The molecule has 102 valence electrons. The Morgan fingerprint density at radius 1 is 1.44 bits per heavy atom. The second-order valence-corrected chi connectivity index (χ2v) is 6.43. The van der Waals surface area contributed by atoms with Crippen LogP contribution in [0.25, 0.3) is 0 Å². The zero-order valence-corrected chi connectivity index (χ0v) is 11.6. The van der Waals surface area contributed by atoms with E-state index >= 15 is 0 Å². The van der Waals surface area contributed by atoms with E-state index in [1.54, 1.807) is 13.1 Å². The summed E-state index contributed by atoms with van der Waals surface area (Å²) >= 11 is 0. The first-order valence-corrected chi connectivity index (χ1v) is 7.67. The average Bonchev–Trinajstić information content (AvgIpc) is 2.26. The number of sulfone groups is 1. The summed E-state index contributed by atoms with van der Waals surface area (Å²) in [4.78, 5) is 0. The Hall–Kier alpha value is -1.14. The van der Waals surface area contributed by atoms with Gasteiger partial charge in [0.15, 0.2) is 9.84 Å². The number of ether oxygens (including phenoxy) is 1. The molecule has 0 radical (unpaired) electrons. The molecule has 0 saturated heterocycles. The first-order valence-electron chi connectivity index (χ1n) is 5.60. The normalized spacial score (nSPS) is 13.3. The van der Waals surface area contributed by atoms with Crippen LogP contribution in [0.3, 0.4) is 0 Å². The second kappa shape index (κ2) is 6.15. The van der Waals surface area contributed by atoms with Crippen molar-refractivity contribution in [2.75, 3.05) is 25.7 Å². The van der Waals surface area contributed by atoms with E-state index in [1.165, 1.54) is 12.1 Å². The fraction of sp³-hybridized carbons (Fsp3) is 0.500. The van der Waals surface area contributed by atoms with Gasteiger partial charge in [-0.25, -0.2) is 12.8 Å². The van der Waals surface area contributed by atoms with Crippen molar-refractivity contribution in [1.82, 2.24) is 5.32 Å². The largest absolute Gasteiger partial charge is 0.492 e. The summed E-state index contributed by atoms with van der Waals surface area (Å²) in [5.74, 6) is -0.117. The molecule has 0 fully saturated rings. The lowest BCUT2D eigenvalue weighted by atomic mass is 10.1. The fourth-order valence-electron chi connectivity index (χ4n) is 1.45. The quantitative estimate of drug-likeness (QED) is 0.855. The van der Waals surface area contributed by atoms with Crippen LogP contribution in [-0.2, 0) is 9.84 Å². The molecule has 0 amide bonds. The summed E-state index contributed by atoms with van der Waals surface area (Å²) in [6, 6.07) is 4.25. The smallest absolute Gasteiger partial charge is 0.150 e. The van der Waals surface area contributed by atoms with E-state index in [2.05, 4.69) is 5.32 Å². The Bertz CT molecular complexity index is 502. The monoisotopic (exact) mass is 275 g/mol. The maximum atomic E-state index is 13.2. The van der Waals surface area contributed by atoms with Crippen molar-refractivity contribution in [3.8, 4) is 5.75 Å². The van der Waals surface area contributed by atoms with E-state index in [-0.39, 0.29) is 18.4 Å². The SMILES string of the molecule is CNC(C)c1ccc(F)cc1OCCS(C)(=O)=O. The molecule has 1 aromatic carbocycles. The van der Waals surface area contributed by atoms with Crippen LogP contribution in [0, 0.1) is 5.82 Å². The molecule has 1 atom stereocenters. The molecule has 18 heavy (non-hydrogen) atoms. The van der Waals surface area contributed by atoms with Crippen LogP contribution in [0.4, 0.5) is 4.39 Å². The van der Waals surface area contributed by atoms with Gasteiger partial charge in [0.25, 0.3) is 0 Å². The molecular formula is C12H18FNO3S. The highest BCUT2D eigenvalue weighted by molar-refractivity contribution is 7.90. The Morgan fingerprint density at radius 2 is 2.11 bits per heavy atom. The number of rotatable bonds is 6. The molecule has 6 heteroatoms. The molecule has 1 unspecified atom stereocenters. The van der Waals surface area contributed by atoms with Crippen LogP contribution in [0.2, 0.25) is 0 Å². The van der Waals surface area contributed by atoms with Crippen LogP contribution in [0.5, 0.6) is 5.75 Å². The highest BCUT2D eigenvalue weighted by atomic mass is 32.2. The summed E-state index contributed by atoms with van der Waals surface area (Å²) in [5.41, 5.74) is 0.799. The van der Waals surface area contributed by atoms with Crippen molar-refractivity contribution in [2.24, 2.45) is 0 Å². The maximum Gasteiger partial charge on any atom is 0.150 e. The lowest BCUT2D eigenvalue weighted by Gasteiger charge is -2.16. The van der Waals surface area contributed by atoms with Crippen LogP contribution in [0.1, 0.15) is 18.5 Å². The predicted octanol–water partition coefficient (Wildman–Crippen LogP) is 1.53. The molecular weight excluding hydrogens is 257 g/mol. The van der Waals surface area contributed by atoms with Crippen molar-refractivity contribution < 1.29 is 17.5 Å². The van der Waals surface area contributed by atoms with Crippen molar-refractivity contribution in [3.05, 3.63) is 29.6 Å². The summed E-state index contributed by atoms with van der Waals surface area (Å²) in [5, 5.41) is 3.03. The Balaban J connectivity index is 2.82. The zero-order chi connectivity index (χ0) is 13.8. The molecule has 1 rings (SSSR count). The van der Waals surface area contributed by atoms with E-state index < -0.39 is 15.7 Å². The highest BCUT2D eigenvalue weighted by Crippen LogP contribution is 2.25. The Kier molecular flexibility index (Phi) is 5.10. The van der Waals surface area contributed by atoms with Crippen LogP contribution < -0.4 is 10.1 Å². The van der Waals surface area contributed by atoms with Gasteiger partial charge in [0.05, 0.1) is 5.75 Å². The Labute approximate surface area is 107 Å². The predicted molar refractivity (Wildman–Crippen MR) is 69.1 cm³/mol. The van der Waals surface area contributed by atoms with Gasteiger partial charge in [0.1, 0.15) is 18.2 Å². The van der Waals surface area contributed by atoms with E-state index in [0.29, 0.717) is 5.75 Å². The van der Waals surface area contributed by atoms with Crippen molar-refractivity contribution in [2.45, 2.75) is 13.0 Å². The third-order valence-electron chi connectivity index (χ3n) is 2.59. The summed E-state index contributed by atoms with van der Waals surface area (Å²) in [6.45, 7) is 1.93. The summed E-state index contributed by atoms with van der Waals surface area (Å²) in [7, 11) is -1.29. The first-order chi connectivity index (χ1) is 8.33. The summed E-state index contributed by atoms with van der Waals surface area (Å²) in [6.07, 6.45) is 1.14. The molecule has 4 nitrogen and oxygen atoms in total. The van der Waals surface area contributed by atoms with Crippen molar-refractivity contribution in [1.29, 1.82) is 0 Å². The lowest BCUT2D eigenvalue weighted by molar-refractivity contribution is 0.332. The molecule has 1 N–H and O–H groups in total.